The Kier molecular flexibility index (Phi) is 2.75. The monoisotopic (exact) mass is 291 g/mol. The Morgan fingerprint density at radius 2 is 2.24 bits per heavy atom. The van der Waals surface area contributed by atoms with Crippen LogP contribution in [0.5, 0.6) is 0 Å². The van der Waals surface area contributed by atoms with Crippen LogP contribution < -0.4 is 5.32 Å². The average Bonchev–Trinajstić information content (AvgIpc) is 3.22. The molecule has 0 bridgehead atoms. The van der Waals surface area contributed by atoms with Crippen molar-refractivity contribution in [3.8, 4) is 0 Å². The number of hydrogen-bond acceptors (Lipinski definition) is 5. The van der Waals surface area contributed by atoms with Crippen molar-refractivity contribution >= 4 is 28.2 Å². The van der Waals surface area contributed by atoms with Crippen molar-refractivity contribution in [2.75, 3.05) is 5.32 Å². The molecule has 1 aromatic heterocycles. The van der Waals surface area contributed by atoms with E-state index in [0.29, 0.717) is 12.8 Å². The van der Waals surface area contributed by atoms with Crippen LogP contribution in [0, 0.1) is 15.9 Å². The Labute approximate surface area is 117 Å². The van der Waals surface area contributed by atoms with Crippen molar-refractivity contribution < 1.29 is 19.2 Å². The second-order valence-electron chi connectivity index (χ2n) is 4.92. The maximum absolute atomic E-state index is 14.2. The highest BCUT2D eigenvalue weighted by molar-refractivity contribution is 5.99. The molecule has 1 aliphatic rings. The van der Waals surface area contributed by atoms with Crippen molar-refractivity contribution in [3.63, 3.8) is 0 Å². The van der Waals surface area contributed by atoms with E-state index < -0.39 is 27.9 Å². The summed E-state index contributed by atoms with van der Waals surface area (Å²) >= 11 is 0. The zero-order chi connectivity index (χ0) is 15.2. The molecule has 1 heterocycles. The maximum atomic E-state index is 14.2. The number of anilines is 1. The first-order valence-electron chi connectivity index (χ1n) is 6.18. The quantitative estimate of drug-likeness (QED) is 0.661. The number of non-ortho nitro benzene ring substituents is 1. The number of nitrogens with one attached hydrogen (secondary N) is 1. The number of hydrogen-bond donors (Lipinski definition) is 2. The number of fused-ring (bicyclic) bond motifs is 1. The van der Waals surface area contributed by atoms with E-state index in [0.717, 1.165) is 6.07 Å². The number of carbonyl (C=O) groups is 1. The lowest BCUT2D eigenvalue weighted by Gasteiger charge is -2.16. The minimum atomic E-state index is -1.21. The summed E-state index contributed by atoms with van der Waals surface area (Å²) < 4.78 is 14.2. The minimum Gasteiger partial charge on any atom is -0.480 e. The number of carboxylic acids is 1. The van der Waals surface area contributed by atoms with E-state index in [-0.39, 0.29) is 16.6 Å². The van der Waals surface area contributed by atoms with Gasteiger partial charge in [-0.3, -0.25) is 15.1 Å². The van der Waals surface area contributed by atoms with Gasteiger partial charge in [0.15, 0.2) is 5.82 Å². The van der Waals surface area contributed by atoms with Crippen LogP contribution >= 0.6 is 0 Å². The first kappa shape index (κ1) is 13.2. The van der Waals surface area contributed by atoms with E-state index in [1.165, 1.54) is 18.3 Å². The number of rotatable bonds is 4. The predicted octanol–water partition coefficient (Wildman–Crippen LogP) is 2.31. The van der Waals surface area contributed by atoms with E-state index in [9.17, 15) is 19.3 Å². The minimum absolute atomic E-state index is 0.0525. The molecule has 0 saturated heterocycles. The number of aromatic nitrogens is 1. The van der Waals surface area contributed by atoms with Crippen LogP contribution in [-0.2, 0) is 4.79 Å². The van der Waals surface area contributed by atoms with Crippen LogP contribution in [0.3, 0.4) is 0 Å². The van der Waals surface area contributed by atoms with Crippen LogP contribution in [0.1, 0.15) is 12.8 Å². The molecule has 0 unspecified atom stereocenters. The van der Waals surface area contributed by atoms with Crippen molar-refractivity contribution in [2.45, 2.75) is 18.4 Å². The molecule has 2 aromatic rings. The molecule has 8 heteroatoms. The highest BCUT2D eigenvalue weighted by Gasteiger charge is 2.51. The van der Waals surface area contributed by atoms with E-state index in [4.69, 9.17) is 5.11 Å². The third kappa shape index (κ3) is 2.04. The first-order chi connectivity index (χ1) is 9.94. The number of pyridine rings is 1. The summed E-state index contributed by atoms with van der Waals surface area (Å²) in [6.45, 7) is 0. The van der Waals surface area contributed by atoms with Gasteiger partial charge in [-0.05, 0) is 25.0 Å². The summed E-state index contributed by atoms with van der Waals surface area (Å²) in [6.07, 6.45) is 2.11. The largest absolute Gasteiger partial charge is 0.480 e. The second kappa shape index (κ2) is 4.37. The molecule has 0 radical (unpaired) electrons. The third-order valence-corrected chi connectivity index (χ3v) is 3.54. The summed E-state index contributed by atoms with van der Waals surface area (Å²) in [6, 6.07) is 3.73. The lowest BCUT2D eigenvalue weighted by Crippen LogP contribution is -2.32. The fraction of sp³-hybridized carbons (Fsp3) is 0.231. The van der Waals surface area contributed by atoms with Gasteiger partial charge in [-0.1, -0.05) is 0 Å². The van der Waals surface area contributed by atoms with Crippen molar-refractivity contribution in [1.82, 2.24) is 4.98 Å². The molecule has 0 atom stereocenters. The Morgan fingerprint density at radius 3 is 2.81 bits per heavy atom. The van der Waals surface area contributed by atoms with E-state index in [1.54, 1.807) is 0 Å². The highest BCUT2D eigenvalue weighted by Crippen LogP contribution is 2.42. The number of nitrogens with zero attached hydrogens (tertiary/aromatic N) is 2. The molecule has 1 fully saturated rings. The SMILES string of the molecule is O=C(O)C1(Nc2c(F)cc([N+](=O)[O-])c3cccnc23)CC1. The van der Waals surface area contributed by atoms with Gasteiger partial charge in [0.1, 0.15) is 11.1 Å². The fourth-order valence-corrected chi connectivity index (χ4v) is 2.22. The molecule has 1 saturated carbocycles. The van der Waals surface area contributed by atoms with Gasteiger partial charge in [0.25, 0.3) is 5.69 Å². The topological polar surface area (TPSA) is 105 Å². The second-order valence-corrected chi connectivity index (χ2v) is 4.92. The van der Waals surface area contributed by atoms with Gasteiger partial charge in [-0.2, -0.15) is 0 Å². The van der Waals surface area contributed by atoms with Crippen molar-refractivity contribution in [2.24, 2.45) is 0 Å². The summed E-state index contributed by atoms with van der Waals surface area (Å²) in [7, 11) is 0. The molecule has 1 aromatic carbocycles. The molecular weight excluding hydrogens is 281 g/mol. The Hall–Kier alpha value is -2.77. The van der Waals surface area contributed by atoms with E-state index >= 15 is 0 Å². The molecule has 1 aliphatic carbocycles. The smallest absolute Gasteiger partial charge is 0.329 e. The van der Waals surface area contributed by atoms with Gasteiger partial charge < -0.3 is 10.4 Å². The number of halogens is 1. The third-order valence-electron chi connectivity index (χ3n) is 3.54. The normalized spacial score (nSPS) is 15.7. The van der Waals surface area contributed by atoms with Crippen molar-refractivity contribution in [3.05, 3.63) is 40.3 Å². The van der Waals surface area contributed by atoms with Gasteiger partial charge in [0.05, 0.1) is 22.1 Å². The molecule has 7 nitrogen and oxygen atoms in total. The van der Waals surface area contributed by atoms with Crippen molar-refractivity contribution in [1.29, 1.82) is 0 Å². The van der Waals surface area contributed by atoms with Gasteiger partial charge in [-0.15, -0.1) is 0 Å². The average molecular weight is 291 g/mol. The molecule has 3 rings (SSSR count). The lowest BCUT2D eigenvalue weighted by atomic mass is 10.1. The molecular formula is C13H10FN3O4. The Bertz CT molecular complexity index is 773. The van der Waals surface area contributed by atoms with E-state index in [2.05, 4.69) is 10.3 Å². The standard InChI is InChI=1S/C13H10FN3O4/c14-8-6-9(17(20)21)7-2-1-5-15-10(7)11(8)16-13(3-4-13)12(18)19/h1-2,5-6,16H,3-4H2,(H,18,19). The number of nitro benzene ring substituents is 1. The lowest BCUT2D eigenvalue weighted by molar-refractivity contribution is -0.383. The molecule has 2 N–H and O–H groups in total. The fourth-order valence-electron chi connectivity index (χ4n) is 2.22. The van der Waals surface area contributed by atoms with Gasteiger partial charge >= 0.3 is 5.97 Å². The van der Waals surface area contributed by atoms with Crippen LogP contribution in [-0.4, -0.2) is 26.5 Å². The van der Waals surface area contributed by atoms with Gasteiger partial charge in [-0.25, -0.2) is 9.18 Å². The Morgan fingerprint density at radius 1 is 1.52 bits per heavy atom. The van der Waals surface area contributed by atoms with Gasteiger partial charge in [0, 0.05) is 6.20 Å². The Balaban J connectivity index is 2.20. The van der Waals surface area contributed by atoms with Crippen LogP contribution in [0.2, 0.25) is 0 Å². The highest BCUT2D eigenvalue weighted by atomic mass is 19.1. The zero-order valence-electron chi connectivity index (χ0n) is 10.7. The molecule has 108 valence electrons. The predicted molar refractivity (Wildman–Crippen MR) is 71.6 cm³/mol. The number of benzene rings is 1. The number of nitro groups is 1. The molecule has 0 aliphatic heterocycles. The number of carboxylic acid groups (broad SMARTS) is 1. The number of aliphatic carboxylic acids is 1. The summed E-state index contributed by atoms with van der Waals surface area (Å²) in [5.41, 5.74) is -1.67. The van der Waals surface area contributed by atoms with E-state index in [1.807, 2.05) is 0 Å². The summed E-state index contributed by atoms with van der Waals surface area (Å²) in [5, 5.41) is 22.9. The van der Waals surface area contributed by atoms with Crippen LogP contribution in [0.25, 0.3) is 10.9 Å². The molecule has 0 amide bonds. The van der Waals surface area contributed by atoms with Crippen LogP contribution in [0.4, 0.5) is 15.8 Å². The zero-order valence-corrected chi connectivity index (χ0v) is 10.7. The first-order valence-corrected chi connectivity index (χ1v) is 6.18. The summed E-state index contributed by atoms with van der Waals surface area (Å²) in [4.78, 5) is 25.4. The molecule has 0 spiro atoms. The van der Waals surface area contributed by atoms with Gasteiger partial charge in [0.2, 0.25) is 0 Å². The van der Waals surface area contributed by atoms with Crippen LogP contribution in [0.15, 0.2) is 24.4 Å². The maximum Gasteiger partial charge on any atom is 0.329 e. The molecule has 21 heavy (non-hydrogen) atoms. The summed E-state index contributed by atoms with van der Waals surface area (Å²) in [5.74, 6) is -1.97.